The number of hydrogen-bond donors (Lipinski definition) is 0. The Morgan fingerprint density at radius 3 is 2.28 bits per heavy atom. The summed E-state index contributed by atoms with van der Waals surface area (Å²) in [7, 11) is 2.95. The predicted molar refractivity (Wildman–Crippen MR) is 102 cm³/mol. The third-order valence-electron chi connectivity index (χ3n) is 3.33. The Morgan fingerprint density at radius 2 is 1.72 bits per heavy atom. The molecule has 25 heavy (non-hydrogen) atoms. The molecule has 0 aromatic heterocycles. The molecule has 1 aromatic carbocycles. The molecule has 1 aromatic rings. The van der Waals surface area contributed by atoms with Gasteiger partial charge in [-0.05, 0) is 30.4 Å². The molecule has 0 heterocycles. The summed E-state index contributed by atoms with van der Waals surface area (Å²) in [5, 5.41) is 9.16. The SMILES string of the molecule is CC(C)Cc1ccc(C(C)C(=O)OCCSSCCO[N+](=O)[O-])cc1. The van der Waals surface area contributed by atoms with E-state index in [1.54, 1.807) is 0 Å². The molecule has 0 aliphatic rings. The molecule has 0 N–H and O–H groups in total. The third kappa shape index (κ3) is 9.60. The van der Waals surface area contributed by atoms with Gasteiger partial charge < -0.3 is 9.57 Å². The Kier molecular flexibility index (Phi) is 10.4. The van der Waals surface area contributed by atoms with Gasteiger partial charge in [0, 0.05) is 11.5 Å². The second kappa shape index (κ2) is 12.0. The lowest BCUT2D eigenvalue weighted by Crippen LogP contribution is -2.14. The van der Waals surface area contributed by atoms with Crippen LogP contribution in [-0.4, -0.2) is 35.8 Å². The topological polar surface area (TPSA) is 78.7 Å². The van der Waals surface area contributed by atoms with Gasteiger partial charge in [-0.1, -0.05) is 59.7 Å². The number of carbonyl (C=O) groups is 1. The zero-order valence-electron chi connectivity index (χ0n) is 14.8. The molecule has 6 nitrogen and oxygen atoms in total. The normalized spacial score (nSPS) is 12.0. The van der Waals surface area contributed by atoms with E-state index in [0.29, 0.717) is 24.0 Å². The zero-order chi connectivity index (χ0) is 18.7. The van der Waals surface area contributed by atoms with Crippen molar-refractivity contribution in [1.29, 1.82) is 0 Å². The van der Waals surface area contributed by atoms with Gasteiger partial charge in [0.1, 0.15) is 13.2 Å². The number of rotatable bonds is 12. The zero-order valence-corrected chi connectivity index (χ0v) is 16.4. The summed E-state index contributed by atoms with van der Waals surface area (Å²) in [6.07, 6.45) is 1.03. The maximum Gasteiger partial charge on any atom is 0.313 e. The van der Waals surface area contributed by atoms with Gasteiger partial charge in [0.25, 0.3) is 5.09 Å². The minimum absolute atomic E-state index is 0.0638. The molecule has 1 unspecified atom stereocenters. The number of esters is 1. The van der Waals surface area contributed by atoms with Gasteiger partial charge in [0.2, 0.25) is 0 Å². The highest BCUT2D eigenvalue weighted by Crippen LogP contribution is 2.22. The van der Waals surface area contributed by atoms with Gasteiger partial charge in [-0.25, -0.2) is 0 Å². The second-order valence-corrected chi connectivity index (χ2v) is 8.63. The number of ether oxygens (including phenoxy) is 1. The molecule has 8 heteroatoms. The van der Waals surface area contributed by atoms with Crippen molar-refractivity contribution >= 4 is 27.6 Å². The van der Waals surface area contributed by atoms with Crippen LogP contribution in [0.15, 0.2) is 24.3 Å². The Balaban J connectivity index is 2.22. The summed E-state index contributed by atoms with van der Waals surface area (Å²) in [6, 6.07) is 8.12. The molecule has 0 saturated heterocycles. The van der Waals surface area contributed by atoms with Crippen LogP contribution < -0.4 is 0 Å². The Bertz CT molecular complexity index is 536. The second-order valence-electron chi connectivity index (χ2n) is 5.93. The quantitative estimate of drug-likeness (QED) is 0.175. The monoisotopic (exact) mass is 387 g/mol. The van der Waals surface area contributed by atoms with Crippen molar-refractivity contribution in [3.8, 4) is 0 Å². The molecule has 1 atom stereocenters. The fourth-order valence-electron chi connectivity index (χ4n) is 2.11. The molecule has 0 spiro atoms. The Hall–Kier alpha value is -1.41. The van der Waals surface area contributed by atoms with Crippen LogP contribution in [0.5, 0.6) is 0 Å². The van der Waals surface area contributed by atoms with E-state index in [-0.39, 0.29) is 18.5 Å². The predicted octanol–water partition coefficient (Wildman–Crippen LogP) is 4.12. The largest absolute Gasteiger partial charge is 0.464 e. The van der Waals surface area contributed by atoms with Crippen LogP contribution in [0.1, 0.15) is 37.8 Å². The van der Waals surface area contributed by atoms with Crippen molar-refractivity contribution in [2.45, 2.75) is 33.1 Å². The maximum atomic E-state index is 12.1. The number of nitrogens with zero attached hydrogens (tertiary/aromatic N) is 1. The van der Waals surface area contributed by atoms with Crippen LogP contribution in [0.4, 0.5) is 0 Å². The molecule has 0 radical (unpaired) electrons. The Labute approximate surface area is 156 Å². The average molecular weight is 388 g/mol. The average Bonchev–Trinajstić information content (AvgIpc) is 2.56. The van der Waals surface area contributed by atoms with Crippen molar-refractivity contribution in [3.63, 3.8) is 0 Å². The van der Waals surface area contributed by atoms with Gasteiger partial charge in [0.05, 0.1) is 5.92 Å². The van der Waals surface area contributed by atoms with Gasteiger partial charge in [-0.15, -0.1) is 10.1 Å². The lowest BCUT2D eigenvalue weighted by Gasteiger charge is -2.13. The first-order chi connectivity index (χ1) is 11.9. The standard InChI is InChI=1S/C17H25NO5S2/c1-13(2)12-15-4-6-16(7-5-15)14(3)17(19)22-8-10-24-25-11-9-23-18(20)21/h4-7,13-14H,8-12H2,1-3H3. The molecule has 0 aliphatic heterocycles. The van der Waals surface area contributed by atoms with Gasteiger partial charge in [-0.2, -0.15) is 0 Å². The van der Waals surface area contributed by atoms with Crippen molar-refractivity contribution < 1.29 is 19.5 Å². The first-order valence-corrected chi connectivity index (χ1v) is 10.7. The van der Waals surface area contributed by atoms with Crippen molar-refractivity contribution in [3.05, 3.63) is 45.5 Å². The summed E-state index contributed by atoms with van der Waals surface area (Å²) in [6.45, 7) is 6.59. The number of carbonyl (C=O) groups excluding carboxylic acids is 1. The Morgan fingerprint density at radius 1 is 1.12 bits per heavy atom. The van der Waals surface area contributed by atoms with Crippen LogP contribution >= 0.6 is 21.6 Å². The fourth-order valence-corrected chi connectivity index (χ4v) is 3.76. The smallest absolute Gasteiger partial charge is 0.313 e. The van der Waals surface area contributed by atoms with Crippen LogP contribution in [0, 0.1) is 16.0 Å². The molecule has 1 rings (SSSR count). The molecule has 0 bridgehead atoms. The van der Waals surface area contributed by atoms with Crippen LogP contribution in [0.2, 0.25) is 0 Å². The van der Waals surface area contributed by atoms with E-state index < -0.39 is 5.09 Å². The minimum atomic E-state index is -0.802. The minimum Gasteiger partial charge on any atom is -0.464 e. The first-order valence-electron chi connectivity index (χ1n) is 8.17. The third-order valence-corrected chi connectivity index (χ3v) is 5.67. The van der Waals surface area contributed by atoms with Crippen molar-refractivity contribution in [2.75, 3.05) is 24.7 Å². The van der Waals surface area contributed by atoms with E-state index >= 15 is 0 Å². The molecule has 0 amide bonds. The van der Waals surface area contributed by atoms with E-state index in [9.17, 15) is 14.9 Å². The van der Waals surface area contributed by atoms with Crippen molar-refractivity contribution in [1.82, 2.24) is 0 Å². The summed E-state index contributed by atoms with van der Waals surface area (Å²) in [5.74, 6) is 1.22. The van der Waals surface area contributed by atoms with E-state index in [1.807, 2.05) is 19.1 Å². The first kappa shape index (κ1) is 21.6. The molecular formula is C17H25NO5S2. The van der Waals surface area contributed by atoms with E-state index in [1.165, 1.54) is 27.2 Å². The molecule has 0 aliphatic carbocycles. The van der Waals surface area contributed by atoms with E-state index in [0.717, 1.165) is 12.0 Å². The highest BCUT2D eigenvalue weighted by Gasteiger charge is 2.16. The van der Waals surface area contributed by atoms with Crippen LogP contribution in [-0.2, 0) is 20.8 Å². The molecular weight excluding hydrogens is 362 g/mol. The summed E-state index contributed by atoms with van der Waals surface area (Å²) >= 11 is 0. The van der Waals surface area contributed by atoms with E-state index in [4.69, 9.17) is 4.74 Å². The van der Waals surface area contributed by atoms with E-state index in [2.05, 4.69) is 30.8 Å². The lowest BCUT2D eigenvalue weighted by atomic mass is 9.97. The molecule has 0 saturated carbocycles. The highest BCUT2D eigenvalue weighted by atomic mass is 33.1. The summed E-state index contributed by atoms with van der Waals surface area (Å²) in [5.41, 5.74) is 2.23. The number of hydrogen-bond acceptors (Lipinski definition) is 7. The van der Waals surface area contributed by atoms with Gasteiger partial charge in [0.15, 0.2) is 0 Å². The van der Waals surface area contributed by atoms with Crippen molar-refractivity contribution in [2.24, 2.45) is 5.92 Å². The van der Waals surface area contributed by atoms with Crippen LogP contribution in [0.25, 0.3) is 0 Å². The molecule has 0 fully saturated rings. The maximum absolute atomic E-state index is 12.1. The fraction of sp³-hybridized carbons (Fsp3) is 0.588. The lowest BCUT2D eigenvalue weighted by molar-refractivity contribution is -0.756. The van der Waals surface area contributed by atoms with Crippen LogP contribution in [0.3, 0.4) is 0 Å². The summed E-state index contributed by atoms with van der Waals surface area (Å²) < 4.78 is 5.29. The summed E-state index contributed by atoms with van der Waals surface area (Å²) in [4.78, 5) is 26.2. The number of benzene rings is 1. The molecule has 140 valence electrons. The van der Waals surface area contributed by atoms with Gasteiger partial charge >= 0.3 is 5.97 Å². The highest BCUT2D eigenvalue weighted by molar-refractivity contribution is 8.76. The van der Waals surface area contributed by atoms with Gasteiger partial charge in [-0.3, -0.25) is 4.79 Å².